The molecule has 4 rings (SSSR count). The Morgan fingerprint density at radius 3 is 2.53 bits per heavy atom. The van der Waals surface area contributed by atoms with Gasteiger partial charge in [-0.05, 0) is 37.8 Å². The average Bonchev–Trinajstić information content (AvgIpc) is 2.87. The minimum absolute atomic E-state index is 0.752. The van der Waals surface area contributed by atoms with Gasteiger partial charge >= 0.3 is 0 Å². The summed E-state index contributed by atoms with van der Waals surface area (Å²) in [5.74, 6) is 0. The van der Waals surface area contributed by atoms with E-state index in [1.165, 1.54) is 31.4 Å². The molecule has 0 radical (unpaired) electrons. The first-order chi connectivity index (χ1) is 8.42. The van der Waals surface area contributed by atoms with Gasteiger partial charge in [0.15, 0.2) is 0 Å². The summed E-state index contributed by atoms with van der Waals surface area (Å²) in [6.45, 7) is 1.05. The number of rotatable bonds is 2. The summed E-state index contributed by atoms with van der Waals surface area (Å²) in [6, 6.07) is 9.29. The van der Waals surface area contributed by atoms with Crippen molar-refractivity contribution in [3.8, 4) is 0 Å². The van der Waals surface area contributed by atoms with E-state index in [0.717, 1.165) is 30.7 Å². The van der Waals surface area contributed by atoms with Crippen molar-refractivity contribution in [3.05, 3.63) is 30.1 Å². The molecule has 17 heavy (non-hydrogen) atoms. The molecule has 0 amide bonds. The maximum absolute atomic E-state index is 4.48. The van der Waals surface area contributed by atoms with Gasteiger partial charge in [0.05, 0.1) is 5.69 Å². The third-order valence-electron chi connectivity index (χ3n) is 4.83. The van der Waals surface area contributed by atoms with Crippen LogP contribution in [0.5, 0.6) is 0 Å². The molecule has 3 fully saturated rings. The molecule has 90 valence electrons. The fourth-order valence-electron chi connectivity index (χ4n) is 4.10. The van der Waals surface area contributed by atoms with E-state index in [0.29, 0.717) is 0 Å². The zero-order valence-electron chi connectivity index (χ0n) is 10.0. The van der Waals surface area contributed by atoms with Gasteiger partial charge in [-0.3, -0.25) is 9.88 Å². The lowest BCUT2D eigenvalue weighted by Crippen LogP contribution is -2.57. The fourth-order valence-corrected chi connectivity index (χ4v) is 4.10. The maximum atomic E-state index is 4.48. The molecule has 1 aromatic heterocycles. The first-order valence-electron chi connectivity index (χ1n) is 6.83. The molecule has 3 saturated heterocycles. The van der Waals surface area contributed by atoms with Gasteiger partial charge in [0.2, 0.25) is 0 Å². The first kappa shape index (κ1) is 10.0. The number of nitrogens with zero attached hydrogens (tertiary/aromatic N) is 2. The summed E-state index contributed by atoms with van der Waals surface area (Å²) in [5, 5.41) is 3.81. The van der Waals surface area contributed by atoms with Gasteiger partial charge in [0.1, 0.15) is 0 Å². The monoisotopic (exact) mass is 229 g/mol. The number of piperazine rings is 1. The van der Waals surface area contributed by atoms with Crippen LogP contribution in [0.1, 0.15) is 31.4 Å². The van der Waals surface area contributed by atoms with E-state index in [-0.39, 0.29) is 0 Å². The van der Waals surface area contributed by atoms with Crippen molar-refractivity contribution in [1.82, 2.24) is 15.2 Å². The average molecular weight is 229 g/mol. The summed E-state index contributed by atoms with van der Waals surface area (Å²) in [5.41, 5.74) is 1.23. The molecule has 3 aliphatic heterocycles. The standard InChI is InChI=1S/C14H19N3/c1-2-8-15-10(3-1)9-17-13-6-7-14(17)12-5-4-11(13)16-12/h1-3,8,11-14,16H,4-7,9H2/t11-,12+,13-,14?/m0/s1. The second-order valence-electron chi connectivity index (χ2n) is 5.66. The van der Waals surface area contributed by atoms with Crippen LogP contribution in [0, 0.1) is 0 Å². The molecular formula is C14H19N3. The number of nitrogens with one attached hydrogen (secondary N) is 1. The van der Waals surface area contributed by atoms with E-state index in [9.17, 15) is 0 Å². The van der Waals surface area contributed by atoms with E-state index in [1.807, 2.05) is 12.3 Å². The summed E-state index contributed by atoms with van der Waals surface area (Å²) >= 11 is 0. The zero-order chi connectivity index (χ0) is 11.2. The predicted octanol–water partition coefficient (Wildman–Crippen LogP) is 1.55. The quantitative estimate of drug-likeness (QED) is 0.834. The molecule has 1 N–H and O–H groups in total. The normalized spacial score (nSPS) is 39.8. The Morgan fingerprint density at radius 1 is 1.12 bits per heavy atom. The number of hydrogen-bond acceptors (Lipinski definition) is 3. The Labute approximate surface area is 102 Å². The number of fused-ring (bicyclic) bond motifs is 6. The molecule has 3 nitrogen and oxygen atoms in total. The minimum atomic E-state index is 0.752. The van der Waals surface area contributed by atoms with Crippen molar-refractivity contribution >= 4 is 0 Å². The number of pyridine rings is 1. The largest absolute Gasteiger partial charge is 0.308 e. The maximum Gasteiger partial charge on any atom is 0.0544 e. The van der Waals surface area contributed by atoms with Crippen LogP contribution in [0.15, 0.2) is 24.4 Å². The number of aromatic nitrogens is 1. The van der Waals surface area contributed by atoms with Gasteiger partial charge in [0.25, 0.3) is 0 Å². The van der Waals surface area contributed by atoms with Crippen molar-refractivity contribution in [2.75, 3.05) is 0 Å². The molecule has 1 aromatic rings. The molecular weight excluding hydrogens is 210 g/mol. The van der Waals surface area contributed by atoms with Crippen LogP contribution in [0.3, 0.4) is 0 Å². The van der Waals surface area contributed by atoms with Crippen molar-refractivity contribution in [2.45, 2.75) is 56.4 Å². The lowest BCUT2D eigenvalue weighted by atomic mass is 10.0. The second kappa shape index (κ2) is 3.79. The van der Waals surface area contributed by atoms with Crippen molar-refractivity contribution in [2.24, 2.45) is 0 Å². The Kier molecular flexibility index (Phi) is 2.24. The van der Waals surface area contributed by atoms with Gasteiger partial charge < -0.3 is 5.32 Å². The van der Waals surface area contributed by atoms with Gasteiger partial charge in [0, 0.05) is 36.9 Å². The van der Waals surface area contributed by atoms with Crippen LogP contribution in [-0.4, -0.2) is 34.1 Å². The lowest BCUT2D eigenvalue weighted by molar-refractivity contribution is 0.103. The fraction of sp³-hybridized carbons (Fsp3) is 0.643. The molecule has 0 aliphatic carbocycles. The second-order valence-corrected chi connectivity index (χ2v) is 5.66. The highest BCUT2D eigenvalue weighted by Crippen LogP contribution is 2.40. The van der Waals surface area contributed by atoms with Crippen molar-refractivity contribution in [3.63, 3.8) is 0 Å². The van der Waals surface area contributed by atoms with Crippen LogP contribution in [-0.2, 0) is 6.54 Å². The molecule has 0 saturated carbocycles. The van der Waals surface area contributed by atoms with Crippen LogP contribution in [0.25, 0.3) is 0 Å². The highest BCUT2D eigenvalue weighted by atomic mass is 15.3. The van der Waals surface area contributed by atoms with Crippen LogP contribution in [0.2, 0.25) is 0 Å². The van der Waals surface area contributed by atoms with Crippen LogP contribution in [0.4, 0.5) is 0 Å². The number of hydrogen-bond donors (Lipinski definition) is 1. The molecule has 4 heterocycles. The van der Waals surface area contributed by atoms with E-state index in [2.05, 4.69) is 27.3 Å². The predicted molar refractivity (Wildman–Crippen MR) is 66.5 cm³/mol. The molecule has 3 heteroatoms. The van der Waals surface area contributed by atoms with Gasteiger partial charge in [-0.1, -0.05) is 6.07 Å². The highest BCUT2D eigenvalue weighted by molar-refractivity contribution is 5.12. The van der Waals surface area contributed by atoms with Crippen LogP contribution < -0.4 is 5.32 Å². The Balaban J connectivity index is 1.59. The van der Waals surface area contributed by atoms with Crippen molar-refractivity contribution in [1.29, 1.82) is 0 Å². The minimum Gasteiger partial charge on any atom is -0.308 e. The van der Waals surface area contributed by atoms with E-state index >= 15 is 0 Å². The third-order valence-corrected chi connectivity index (χ3v) is 4.83. The molecule has 3 aliphatic rings. The van der Waals surface area contributed by atoms with Gasteiger partial charge in [-0.2, -0.15) is 0 Å². The lowest BCUT2D eigenvalue weighted by Gasteiger charge is -2.40. The summed E-state index contributed by atoms with van der Waals surface area (Å²) in [4.78, 5) is 7.20. The van der Waals surface area contributed by atoms with Crippen LogP contribution >= 0.6 is 0 Å². The Bertz CT molecular complexity index is 387. The molecule has 1 unspecified atom stereocenters. The first-order valence-corrected chi connectivity index (χ1v) is 6.83. The molecule has 4 atom stereocenters. The molecule has 0 spiro atoms. The molecule has 0 aromatic carbocycles. The highest BCUT2D eigenvalue weighted by Gasteiger charge is 2.50. The smallest absolute Gasteiger partial charge is 0.0544 e. The Morgan fingerprint density at radius 2 is 1.88 bits per heavy atom. The molecule has 4 bridgehead atoms. The summed E-state index contributed by atoms with van der Waals surface area (Å²) < 4.78 is 0. The van der Waals surface area contributed by atoms with Gasteiger partial charge in [-0.25, -0.2) is 0 Å². The summed E-state index contributed by atoms with van der Waals surface area (Å²) in [6.07, 6.45) is 7.43. The summed E-state index contributed by atoms with van der Waals surface area (Å²) in [7, 11) is 0. The Hall–Kier alpha value is -0.930. The SMILES string of the molecule is c1ccc(CN2C3CC[C@H]2[C@@H]2CC[C@H]3N2)nc1. The zero-order valence-corrected chi connectivity index (χ0v) is 10.0. The third kappa shape index (κ3) is 1.53. The topological polar surface area (TPSA) is 28.2 Å². The van der Waals surface area contributed by atoms with E-state index < -0.39 is 0 Å². The van der Waals surface area contributed by atoms with Crippen molar-refractivity contribution < 1.29 is 0 Å². The van der Waals surface area contributed by atoms with Gasteiger partial charge in [-0.15, -0.1) is 0 Å². The van der Waals surface area contributed by atoms with E-state index in [1.54, 1.807) is 0 Å². The van der Waals surface area contributed by atoms with E-state index in [4.69, 9.17) is 0 Å².